The highest BCUT2D eigenvalue weighted by Crippen LogP contribution is 2.43. The summed E-state index contributed by atoms with van der Waals surface area (Å²) in [6.45, 7) is 0. The molecule has 12 rings (SSSR count). The standard InChI is InChI=1S/C52H38B6N4O/c53-30-22-34-44-46(57)47(58)45-35-23-31(54)25-37(56)49(35)62(51(45)50(44)61(48(34)36(55)24-30)32-15-8-3-9-16-32)40-17-10-18-42-43(40)33-21-29(19-20-41(33)63-42)39-26-38(27-11-4-1-5-12-27)59-52(60-39)28-13-6-2-7-14-28/h1-26H,53-58H2. The Balaban J connectivity index is 1.22. The third kappa shape index (κ3) is 5.65. The van der Waals surface area contributed by atoms with E-state index >= 15 is 0 Å². The van der Waals surface area contributed by atoms with Gasteiger partial charge in [-0.05, 0) is 48.5 Å². The third-order valence-corrected chi connectivity index (χ3v) is 13.2. The number of furan rings is 1. The molecule has 4 heterocycles. The molecule has 0 aliphatic heterocycles. The Labute approximate surface area is 370 Å². The molecule has 0 amide bonds. The molecule has 0 atom stereocenters. The first kappa shape index (κ1) is 37.4. The van der Waals surface area contributed by atoms with E-state index in [1.807, 2.05) is 24.3 Å². The van der Waals surface area contributed by atoms with Crippen LogP contribution in [0.5, 0.6) is 0 Å². The van der Waals surface area contributed by atoms with E-state index in [-0.39, 0.29) is 0 Å². The lowest BCUT2D eigenvalue weighted by atomic mass is 9.74. The van der Waals surface area contributed by atoms with E-state index in [1.165, 1.54) is 76.4 Å². The maximum atomic E-state index is 6.79. The summed E-state index contributed by atoms with van der Waals surface area (Å²) in [6, 6.07) is 56.0. The van der Waals surface area contributed by atoms with Gasteiger partial charge in [-0.3, -0.25) is 0 Å². The van der Waals surface area contributed by atoms with Crippen molar-refractivity contribution in [3.63, 3.8) is 0 Å². The Morgan fingerprint density at radius 3 is 1.59 bits per heavy atom. The van der Waals surface area contributed by atoms with E-state index in [0.29, 0.717) is 5.82 Å². The average molecular weight is 800 g/mol. The van der Waals surface area contributed by atoms with Crippen LogP contribution in [0.25, 0.3) is 111 Å². The number of hydrogen-bond acceptors (Lipinski definition) is 3. The molecule has 0 aliphatic rings. The molecule has 4 aromatic heterocycles. The lowest BCUT2D eigenvalue weighted by molar-refractivity contribution is 0.669. The van der Waals surface area contributed by atoms with Gasteiger partial charge in [0, 0.05) is 60.3 Å². The second kappa shape index (κ2) is 14.1. The Kier molecular flexibility index (Phi) is 8.36. The highest BCUT2D eigenvalue weighted by atomic mass is 16.3. The molecule has 8 aromatic carbocycles. The summed E-state index contributed by atoms with van der Waals surface area (Å²) in [5.41, 5.74) is 21.1. The van der Waals surface area contributed by atoms with E-state index in [9.17, 15) is 0 Å². The minimum Gasteiger partial charge on any atom is -0.456 e. The zero-order valence-corrected chi connectivity index (χ0v) is 36.2. The molecule has 290 valence electrons. The Hall–Kier alpha value is -7.37. The number of aromatic nitrogens is 4. The lowest BCUT2D eigenvalue weighted by Crippen LogP contribution is -2.27. The van der Waals surface area contributed by atoms with Gasteiger partial charge in [0.1, 0.15) is 58.2 Å². The summed E-state index contributed by atoms with van der Waals surface area (Å²) in [7, 11) is 13.6. The van der Waals surface area contributed by atoms with Crippen molar-refractivity contribution in [1.82, 2.24) is 19.1 Å². The summed E-state index contributed by atoms with van der Waals surface area (Å²) in [5.74, 6) is 0.690. The van der Waals surface area contributed by atoms with Crippen LogP contribution in [-0.2, 0) is 0 Å². The minimum atomic E-state index is 0.690. The molecule has 0 spiro atoms. The monoisotopic (exact) mass is 800 g/mol. The molecule has 63 heavy (non-hydrogen) atoms. The summed E-state index contributed by atoms with van der Waals surface area (Å²) < 4.78 is 11.9. The van der Waals surface area contributed by atoms with E-state index in [1.54, 1.807) is 0 Å². The van der Waals surface area contributed by atoms with E-state index in [0.717, 1.165) is 61.4 Å². The van der Waals surface area contributed by atoms with Crippen LogP contribution in [0.4, 0.5) is 0 Å². The topological polar surface area (TPSA) is 48.8 Å². The Bertz CT molecular complexity index is 3800. The molecule has 0 N–H and O–H groups in total. The van der Waals surface area contributed by atoms with Gasteiger partial charge in [-0.1, -0.05) is 142 Å². The maximum Gasteiger partial charge on any atom is 0.160 e. The molecule has 0 radical (unpaired) electrons. The fourth-order valence-corrected chi connectivity index (χ4v) is 10.5. The summed E-state index contributed by atoms with van der Waals surface area (Å²) >= 11 is 0. The predicted octanol–water partition coefficient (Wildman–Crippen LogP) is 3.12. The fraction of sp³-hybridized carbons (Fsp3) is 0. The molecule has 0 unspecified atom stereocenters. The predicted molar refractivity (Wildman–Crippen MR) is 283 cm³/mol. The van der Waals surface area contributed by atoms with Crippen LogP contribution in [0.1, 0.15) is 0 Å². The molecule has 0 saturated heterocycles. The summed E-state index contributed by atoms with van der Waals surface area (Å²) in [4.78, 5) is 10.3. The molecule has 5 nitrogen and oxygen atoms in total. The van der Waals surface area contributed by atoms with Crippen LogP contribution in [0, 0.1) is 0 Å². The molecule has 11 heteroatoms. The second-order valence-electron chi connectivity index (χ2n) is 17.3. The van der Waals surface area contributed by atoms with Crippen molar-refractivity contribution < 1.29 is 4.42 Å². The first-order valence-electron chi connectivity index (χ1n) is 21.7. The van der Waals surface area contributed by atoms with Gasteiger partial charge in [0.05, 0.1) is 33.5 Å². The summed E-state index contributed by atoms with van der Waals surface area (Å²) in [6.07, 6.45) is 0. The van der Waals surface area contributed by atoms with Gasteiger partial charge in [0.15, 0.2) is 5.82 Å². The van der Waals surface area contributed by atoms with Crippen LogP contribution in [0.15, 0.2) is 162 Å². The molecular formula is C52H38B6N4O. The van der Waals surface area contributed by atoms with Crippen molar-refractivity contribution in [3.8, 4) is 45.3 Å². The maximum absolute atomic E-state index is 6.79. The number of hydrogen-bond donors (Lipinski definition) is 0. The van der Waals surface area contributed by atoms with Gasteiger partial charge in [-0.25, -0.2) is 9.97 Å². The van der Waals surface area contributed by atoms with Gasteiger partial charge in [-0.15, -0.1) is 0 Å². The third-order valence-electron chi connectivity index (χ3n) is 13.2. The number of para-hydroxylation sites is 1. The quantitative estimate of drug-likeness (QED) is 0.252. The minimum absolute atomic E-state index is 0.690. The van der Waals surface area contributed by atoms with Crippen LogP contribution >= 0.6 is 0 Å². The number of fused-ring (bicyclic) bond motifs is 10. The van der Waals surface area contributed by atoms with E-state index in [4.69, 9.17) is 14.4 Å². The van der Waals surface area contributed by atoms with Crippen molar-refractivity contribution in [3.05, 3.63) is 158 Å². The normalized spacial score (nSPS) is 11.9. The summed E-state index contributed by atoms with van der Waals surface area (Å²) in [5, 5.41) is 7.22. The number of rotatable bonds is 5. The first-order chi connectivity index (χ1) is 30.7. The van der Waals surface area contributed by atoms with Crippen LogP contribution in [-0.4, -0.2) is 66.2 Å². The van der Waals surface area contributed by atoms with Crippen LogP contribution in [0.3, 0.4) is 0 Å². The van der Waals surface area contributed by atoms with Crippen LogP contribution in [0.2, 0.25) is 0 Å². The molecular weight excluding hydrogens is 761 g/mol. The highest BCUT2D eigenvalue weighted by molar-refractivity contribution is 6.61. The molecule has 0 aliphatic carbocycles. The highest BCUT2D eigenvalue weighted by Gasteiger charge is 2.27. The SMILES string of the molecule is Bc1cc(B)c2c(c1)c1c(B)c(B)c3c4cc(B)cc(B)c4n(-c4cccc5oc6ccc(-c7cc(-c8ccccc8)nc(-c8ccccc8)n7)cc6c45)c3c1n2-c1ccccc1. The fourth-order valence-electron chi connectivity index (χ4n) is 10.5. The molecule has 0 fully saturated rings. The largest absolute Gasteiger partial charge is 0.456 e. The molecule has 0 saturated carbocycles. The molecule has 12 aromatic rings. The van der Waals surface area contributed by atoms with E-state index in [2.05, 4.69) is 190 Å². The number of nitrogens with zero attached hydrogens (tertiary/aromatic N) is 4. The first-order valence-corrected chi connectivity index (χ1v) is 21.7. The molecule has 0 bridgehead atoms. The Morgan fingerprint density at radius 1 is 0.397 bits per heavy atom. The number of benzene rings is 8. The zero-order chi connectivity index (χ0) is 42.7. The lowest BCUT2D eigenvalue weighted by Gasteiger charge is -2.16. The van der Waals surface area contributed by atoms with Crippen molar-refractivity contribution in [2.24, 2.45) is 0 Å². The van der Waals surface area contributed by atoms with Crippen molar-refractivity contribution in [1.29, 1.82) is 0 Å². The van der Waals surface area contributed by atoms with Gasteiger partial charge in [0.25, 0.3) is 0 Å². The van der Waals surface area contributed by atoms with E-state index < -0.39 is 0 Å². The van der Waals surface area contributed by atoms with Crippen LogP contribution < -0.4 is 32.8 Å². The van der Waals surface area contributed by atoms with Crippen molar-refractivity contribution >= 4 is 145 Å². The smallest absolute Gasteiger partial charge is 0.160 e. The second-order valence-corrected chi connectivity index (χ2v) is 17.3. The van der Waals surface area contributed by atoms with Crippen molar-refractivity contribution in [2.45, 2.75) is 0 Å². The van der Waals surface area contributed by atoms with Gasteiger partial charge < -0.3 is 13.6 Å². The van der Waals surface area contributed by atoms with Gasteiger partial charge in [-0.2, -0.15) is 0 Å². The zero-order valence-electron chi connectivity index (χ0n) is 36.2. The van der Waals surface area contributed by atoms with Gasteiger partial charge >= 0.3 is 0 Å². The van der Waals surface area contributed by atoms with Gasteiger partial charge in [0.2, 0.25) is 0 Å². The Morgan fingerprint density at radius 2 is 0.952 bits per heavy atom. The average Bonchev–Trinajstić information content (AvgIpc) is 3.97. The van der Waals surface area contributed by atoms with Crippen molar-refractivity contribution in [2.75, 3.05) is 0 Å².